The molecule has 3 nitrogen and oxygen atoms in total. The van der Waals surface area contributed by atoms with Crippen LogP contribution in [0, 0.1) is 0 Å². The van der Waals surface area contributed by atoms with E-state index in [1.54, 1.807) is 0 Å². The Morgan fingerprint density at radius 2 is 2.00 bits per heavy atom. The third kappa shape index (κ3) is 4.95. The van der Waals surface area contributed by atoms with Gasteiger partial charge in [-0.15, -0.1) is 0 Å². The van der Waals surface area contributed by atoms with E-state index < -0.39 is 0 Å². The summed E-state index contributed by atoms with van der Waals surface area (Å²) in [4.78, 5) is 2.57. The van der Waals surface area contributed by atoms with Gasteiger partial charge in [0.25, 0.3) is 0 Å². The molecule has 1 aliphatic heterocycles. The smallest absolute Gasteiger partial charge is 0.148 e. The van der Waals surface area contributed by atoms with Crippen LogP contribution < -0.4 is 10.1 Å². The highest BCUT2D eigenvalue weighted by Crippen LogP contribution is 2.35. The highest BCUT2D eigenvalue weighted by atomic mass is 79.9. The normalized spacial score (nSPS) is 19.1. The second kappa shape index (κ2) is 8.67. The van der Waals surface area contributed by atoms with Crippen molar-refractivity contribution in [1.29, 1.82) is 0 Å². The number of ether oxygens (including phenoxy) is 1. The Morgan fingerprint density at radius 3 is 2.59 bits per heavy atom. The predicted molar refractivity (Wildman–Crippen MR) is 99.6 cm³/mol. The maximum Gasteiger partial charge on any atom is 0.148 e. The van der Waals surface area contributed by atoms with Gasteiger partial charge in [-0.25, -0.2) is 0 Å². The van der Waals surface area contributed by atoms with Crippen molar-refractivity contribution in [2.24, 2.45) is 0 Å². The van der Waals surface area contributed by atoms with Gasteiger partial charge in [0.1, 0.15) is 5.75 Å². The number of halogens is 2. The molecule has 0 aromatic heterocycles. The second-order valence-electron chi connectivity index (χ2n) is 6.11. The zero-order chi connectivity index (χ0) is 16.1. The quantitative estimate of drug-likeness (QED) is 0.681. The first-order valence-corrected chi connectivity index (χ1v) is 9.69. The Morgan fingerprint density at radius 1 is 1.32 bits per heavy atom. The van der Waals surface area contributed by atoms with E-state index in [0.717, 1.165) is 34.3 Å². The first-order chi connectivity index (χ1) is 10.5. The molecule has 124 valence electrons. The fraction of sp³-hybridized carbons (Fsp3) is 0.647. The van der Waals surface area contributed by atoms with Crippen molar-refractivity contribution >= 4 is 31.9 Å². The predicted octanol–water partition coefficient (Wildman–Crippen LogP) is 4.57. The number of hydrogen-bond acceptors (Lipinski definition) is 3. The molecule has 0 saturated carbocycles. The minimum absolute atomic E-state index is 0.166. The van der Waals surface area contributed by atoms with Gasteiger partial charge in [-0.05, 0) is 89.3 Å². The van der Waals surface area contributed by atoms with E-state index in [-0.39, 0.29) is 6.10 Å². The Labute approximate surface area is 151 Å². The van der Waals surface area contributed by atoms with E-state index in [4.69, 9.17) is 4.74 Å². The van der Waals surface area contributed by atoms with Crippen molar-refractivity contribution < 1.29 is 4.74 Å². The zero-order valence-corrected chi connectivity index (χ0v) is 16.8. The van der Waals surface area contributed by atoms with Crippen LogP contribution in [0.25, 0.3) is 0 Å². The number of nitrogens with one attached hydrogen (secondary N) is 1. The summed E-state index contributed by atoms with van der Waals surface area (Å²) in [5.41, 5.74) is 1.26. The molecule has 0 aliphatic carbocycles. The lowest BCUT2D eigenvalue weighted by Crippen LogP contribution is -2.37. The van der Waals surface area contributed by atoms with Gasteiger partial charge in [-0.3, -0.25) is 4.90 Å². The number of hydrogen-bond donors (Lipinski definition) is 1. The monoisotopic (exact) mass is 432 g/mol. The van der Waals surface area contributed by atoms with Crippen molar-refractivity contribution in [3.63, 3.8) is 0 Å². The second-order valence-corrected chi connectivity index (χ2v) is 7.82. The third-order valence-corrected chi connectivity index (χ3v) is 5.20. The minimum atomic E-state index is 0.166. The van der Waals surface area contributed by atoms with Crippen LogP contribution in [0.3, 0.4) is 0 Å². The molecular weight excluding hydrogens is 408 g/mol. The Balaban J connectivity index is 1.90. The van der Waals surface area contributed by atoms with Gasteiger partial charge >= 0.3 is 0 Å². The lowest BCUT2D eigenvalue weighted by molar-refractivity contribution is 0.239. The molecule has 1 aromatic carbocycles. The van der Waals surface area contributed by atoms with Crippen molar-refractivity contribution in [3.05, 3.63) is 26.6 Å². The van der Waals surface area contributed by atoms with Crippen LogP contribution >= 0.6 is 31.9 Å². The average Bonchev–Trinajstić information content (AvgIpc) is 2.90. The molecule has 0 amide bonds. The standard InChI is InChI=1S/C17H26Br2N2O/c1-4-21-7-5-6-14(21)11-20-10-13-8-15(18)17(16(19)9-13)22-12(2)3/h8-9,12,14,20H,4-7,10-11H2,1-3H3. The highest BCUT2D eigenvalue weighted by Gasteiger charge is 2.22. The highest BCUT2D eigenvalue weighted by molar-refractivity contribution is 9.11. The molecule has 1 aromatic rings. The molecule has 1 atom stereocenters. The first-order valence-electron chi connectivity index (χ1n) is 8.10. The largest absolute Gasteiger partial charge is 0.489 e. The molecule has 0 bridgehead atoms. The van der Waals surface area contributed by atoms with E-state index in [0.29, 0.717) is 6.04 Å². The third-order valence-electron chi connectivity index (χ3n) is 4.03. The summed E-state index contributed by atoms with van der Waals surface area (Å²) < 4.78 is 7.83. The van der Waals surface area contributed by atoms with Crippen LogP contribution in [-0.2, 0) is 6.54 Å². The van der Waals surface area contributed by atoms with Gasteiger partial charge in [0.15, 0.2) is 0 Å². The summed E-state index contributed by atoms with van der Waals surface area (Å²) in [6.45, 7) is 10.7. The van der Waals surface area contributed by atoms with Crippen molar-refractivity contribution in [2.75, 3.05) is 19.6 Å². The molecule has 0 radical (unpaired) electrons. The molecule has 1 saturated heterocycles. The first kappa shape index (κ1) is 18.2. The fourth-order valence-corrected chi connectivity index (χ4v) is 4.46. The molecule has 1 N–H and O–H groups in total. The van der Waals surface area contributed by atoms with Crippen LogP contribution in [0.2, 0.25) is 0 Å². The van der Waals surface area contributed by atoms with E-state index in [2.05, 4.69) is 61.1 Å². The zero-order valence-electron chi connectivity index (χ0n) is 13.7. The summed E-state index contributed by atoms with van der Waals surface area (Å²) in [5, 5.41) is 3.60. The number of nitrogens with zero attached hydrogens (tertiary/aromatic N) is 1. The lowest BCUT2D eigenvalue weighted by Gasteiger charge is -2.23. The summed E-state index contributed by atoms with van der Waals surface area (Å²) in [6.07, 6.45) is 2.81. The van der Waals surface area contributed by atoms with Crippen molar-refractivity contribution in [1.82, 2.24) is 10.2 Å². The van der Waals surface area contributed by atoms with Crippen LogP contribution in [0.1, 0.15) is 39.2 Å². The van der Waals surface area contributed by atoms with Gasteiger partial charge in [-0.2, -0.15) is 0 Å². The minimum Gasteiger partial charge on any atom is -0.489 e. The molecule has 5 heteroatoms. The SMILES string of the molecule is CCN1CCCC1CNCc1cc(Br)c(OC(C)C)c(Br)c1. The molecule has 1 unspecified atom stereocenters. The molecule has 1 aliphatic rings. The van der Waals surface area contributed by atoms with Crippen LogP contribution in [0.5, 0.6) is 5.75 Å². The van der Waals surface area contributed by atoms with E-state index in [1.165, 1.54) is 24.9 Å². The van der Waals surface area contributed by atoms with Crippen LogP contribution in [0.4, 0.5) is 0 Å². The van der Waals surface area contributed by atoms with Gasteiger partial charge in [0, 0.05) is 19.1 Å². The van der Waals surface area contributed by atoms with Crippen molar-refractivity contribution in [2.45, 2.75) is 52.3 Å². The Bertz CT molecular complexity index is 471. The summed E-state index contributed by atoms with van der Waals surface area (Å²) in [5.74, 6) is 0.881. The number of benzene rings is 1. The maximum absolute atomic E-state index is 5.82. The molecule has 1 heterocycles. The van der Waals surface area contributed by atoms with Crippen LogP contribution in [-0.4, -0.2) is 36.7 Å². The van der Waals surface area contributed by atoms with Gasteiger partial charge in [0.05, 0.1) is 15.0 Å². The number of likely N-dealkylation sites (tertiary alicyclic amines) is 1. The van der Waals surface area contributed by atoms with Crippen molar-refractivity contribution in [3.8, 4) is 5.75 Å². The number of likely N-dealkylation sites (N-methyl/N-ethyl adjacent to an activating group) is 1. The summed E-state index contributed by atoms with van der Waals surface area (Å²) in [6, 6.07) is 4.98. The molecule has 22 heavy (non-hydrogen) atoms. The van der Waals surface area contributed by atoms with E-state index in [9.17, 15) is 0 Å². The van der Waals surface area contributed by atoms with E-state index >= 15 is 0 Å². The van der Waals surface area contributed by atoms with E-state index in [1.807, 2.05) is 13.8 Å². The maximum atomic E-state index is 5.82. The van der Waals surface area contributed by atoms with Crippen LogP contribution in [0.15, 0.2) is 21.1 Å². The Kier molecular flexibility index (Phi) is 7.19. The summed E-state index contributed by atoms with van der Waals surface area (Å²) in [7, 11) is 0. The lowest BCUT2D eigenvalue weighted by atomic mass is 10.2. The van der Waals surface area contributed by atoms with Gasteiger partial charge < -0.3 is 10.1 Å². The summed E-state index contributed by atoms with van der Waals surface area (Å²) >= 11 is 7.23. The molecule has 1 fully saturated rings. The number of rotatable bonds is 7. The molecular formula is C17H26Br2N2O. The Hall–Kier alpha value is -0.100. The van der Waals surface area contributed by atoms with Gasteiger partial charge in [-0.1, -0.05) is 6.92 Å². The molecule has 0 spiro atoms. The molecule has 2 rings (SSSR count). The van der Waals surface area contributed by atoms with Gasteiger partial charge in [0.2, 0.25) is 0 Å². The average molecular weight is 434 g/mol. The fourth-order valence-electron chi connectivity index (χ4n) is 2.99. The topological polar surface area (TPSA) is 24.5 Å².